The van der Waals surface area contributed by atoms with E-state index in [1.807, 2.05) is 17.5 Å². The molecule has 116 valence electrons. The first-order chi connectivity index (χ1) is 10.8. The second-order valence-electron chi connectivity index (χ2n) is 6.00. The molecule has 0 bridgehead atoms. The van der Waals surface area contributed by atoms with Crippen LogP contribution in [0.5, 0.6) is 0 Å². The molecule has 1 aliphatic heterocycles. The van der Waals surface area contributed by atoms with E-state index in [1.165, 1.54) is 29.7 Å². The third-order valence-corrected chi connectivity index (χ3v) is 5.07. The number of carbonyl (C=O) groups is 1. The highest BCUT2D eigenvalue weighted by Gasteiger charge is 2.27. The number of ether oxygens (including phenoxy) is 1. The van der Waals surface area contributed by atoms with E-state index in [0.29, 0.717) is 13.2 Å². The lowest BCUT2D eigenvalue weighted by Gasteiger charge is -2.22. The van der Waals surface area contributed by atoms with Crippen molar-refractivity contribution in [3.8, 4) is 0 Å². The van der Waals surface area contributed by atoms with Gasteiger partial charge in [-0.1, -0.05) is 6.07 Å². The maximum absolute atomic E-state index is 12.0. The van der Waals surface area contributed by atoms with Crippen LogP contribution in [0.2, 0.25) is 0 Å². The van der Waals surface area contributed by atoms with Gasteiger partial charge in [0.1, 0.15) is 6.10 Å². The normalized spacial score (nSPS) is 20.6. The number of nitrogens with zero attached hydrogens (tertiary/aromatic N) is 2. The SMILES string of the molecule is O=C(NCC1OCCc2cn(CC3CC3)nc21)c1cccs1. The predicted molar refractivity (Wildman–Crippen MR) is 84.0 cm³/mol. The molecule has 0 aromatic carbocycles. The van der Waals surface area contributed by atoms with Gasteiger partial charge in [-0.2, -0.15) is 5.10 Å². The summed E-state index contributed by atoms with van der Waals surface area (Å²) in [5.74, 6) is 0.766. The Bertz CT molecular complexity index is 661. The summed E-state index contributed by atoms with van der Waals surface area (Å²) < 4.78 is 7.88. The average Bonchev–Trinajstić information content (AvgIpc) is 3.03. The van der Waals surface area contributed by atoms with Crippen LogP contribution in [0, 0.1) is 5.92 Å². The summed E-state index contributed by atoms with van der Waals surface area (Å²) in [5.41, 5.74) is 2.26. The molecule has 0 saturated heterocycles. The van der Waals surface area contributed by atoms with Gasteiger partial charge in [-0.25, -0.2) is 0 Å². The van der Waals surface area contributed by atoms with Crippen molar-refractivity contribution in [2.75, 3.05) is 13.2 Å². The summed E-state index contributed by atoms with van der Waals surface area (Å²) in [7, 11) is 0. The minimum atomic E-state index is -0.131. The number of nitrogens with one attached hydrogen (secondary N) is 1. The predicted octanol–water partition coefficient (Wildman–Crippen LogP) is 2.40. The maximum atomic E-state index is 12.0. The zero-order valence-electron chi connectivity index (χ0n) is 12.3. The van der Waals surface area contributed by atoms with Crippen molar-refractivity contribution in [2.45, 2.75) is 31.9 Å². The molecule has 3 heterocycles. The Hall–Kier alpha value is -1.66. The highest BCUT2D eigenvalue weighted by Crippen LogP contribution is 2.32. The number of hydrogen-bond acceptors (Lipinski definition) is 4. The molecule has 5 nitrogen and oxygen atoms in total. The van der Waals surface area contributed by atoms with Gasteiger partial charge in [-0.3, -0.25) is 9.48 Å². The molecule has 0 radical (unpaired) electrons. The molecule has 1 unspecified atom stereocenters. The van der Waals surface area contributed by atoms with Crippen molar-refractivity contribution in [2.24, 2.45) is 5.92 Å². The molecule has 1 N–H and O–H groups in total. The fourth-order valence-corrected chi connectivity index (χ4v) is 3.47. The van der Waals surface area contributed by atoms with Crippen LogP contribution in [0.15, 0.2) is 23.7 Å². The lowest BCUT2D eigenvalue weighted by molar-refractivity contribution is 0.0383. The molecule has 1 atom stereocenters. The monoisotopic (exact) mass is 317 g/mol. The van der Waals surface area contributed by atoms with E-state index in [2.05, 4.69) is 16.2 Å². The van der Waals surface area contributed by atoms with Crippen LogP contribution in [-0.4, -0.2) is 28.8 Å². The molecule has 1 saturated carbocycles. The third-order valence-electron chi connectivity index (χ3n) is 4.20. The van der Waals surface area contributed by atoms with E-state index in [4.69, 9.17) is 9.84 Å². The minimum absolute atomic E-state index is 0.0388. The molecular formula is C16H19N3O2S. The van der Waals surface area contributed by atoms with Crippen LogP contribution in [0.3, 0.4) is 0 Å². The van der Waals surface area contributed by atoms with Gasteiger partial charge in [0.2, 0.25) is 0 Å². The Morgan fingerprint density at radius 2 is 2.41 bits per heavy atom. The number of hydrogen-bond donors (Lipinski definition) is 1. The first-order valence-electron chi connectivity index (χ1n) is 7.79. The van der Waals surface area contributed by atoms with Crippen LogP contribution < -0.4 is 5.32 Å². The van der Waals surface area contributed by atoms with Gasteiger partial charge in [-0.05, 0) is 42.2 Å². The van der Waals surface area contributed by atoms with Crippen molar-refractivity contribution in [1.29, 1.82) is 0 Å². The molecule has 1 fully saturated rings. The molecule has 2 aromatic rings. The number of thiophene rings is 1. The van der Waals surface area contributed by atoms with Crippen LogP contribution in [0.4, 0.5) is 0 Å². The highest BCUT2D eigenvalue weighted by molar-refractivity contribution is 7.12. The van der Waals surface area contributed by atoms with E-state index in [1.54, 1.807) is 0 Å². The lowest BCUT2D eigenvalue weighted by atomic mass is 10.1. The fraction of sp³-hybridized carbons (Fsp3) is 0.500. The van der Waals surface area contributed by atoms with E-state index in [9.17, 15) is 4.79 Å². The summed E-state index contributed by atoms with van der Waals surface area (Å²) in [4.78, 5) is 12.8. The summed E-state index contributed by atoms with van der Waals surface area (Å²) in [6.45, 7) is 2.19. The zero-order valence-corrected chi connectivity index (χ0v) is 13.1. The van der Waals surface area contributed by atoms with E-state index in [-0.39, 0.29) is 12.0 Å². The first-order valence-corrected chi connectivity index (χ1v) is 8.67. The Morgan fingerprint density at radius 3 is 3.18 bits per heavy atom. The molecular weight excluding hydrogens is 298 g/mol. The molecule has 22 heavy (non-hydrogen) atoms. The Kier molecular flexibility index (Phi) is 3.72. The number of rotatable bonds is 5. The van der Waals surface area contributed by atoms with Gasteiger partial charge >= 0.3 is 0 Å². The number of carbonyl (C=O) groups excluding carboxylic acids is 1. The van der Waals surface area contributed by atoms with Gasteiger partial charge in [0.15, 0.2) is 0 Å². The molecule has 2 aliphatic rings. The fourth-order valence-electron chi connectivity index (χ4n) is 2.83. The molecule has 1 amide bonds. The Labute approximate surface area is 133 Å². The van der Waals surface area contributed by atoms with Crippen molar-refractivity contribution in [3.05, 3.63) is 39.8 Å². The van der Waals surface area contributed by atoms with E-state index < -0.39 is 0 Å². The second-order valence-corrected chi connectivity index (χ2v) is 6.95. The number of amides is 1. The molecule has 6 heteroatoms. The van der Waals surface area contributed by atoms with Crippen molar-refractivity contribution >= 4 is 17.2 Å². The van der Waals surface area contributed by atoms with Crippen LogP contribution in [0.25, 0.3) is 0 Å². The highest BCUT2D eigenvalue weighted by atomic mass is 32.1. The first kappa shape index (κ1) is 14.0. The lowest BCUT2D eigenvalue weighted by Crippen LogP contribution is -2.31. The largest absolute Gasteiger partial charge is 0.370 e. The summed E-state index contributed by atoms with van der Waals surface area (Å²) >= 11 is 1.45. The smallest absolute Gasteiger partial charge is 0.261 e. The van der Waals surface area contributed by atoms with Crippen molar-refractivity contribution < 1.29 is 9.53 Å². The molecule has 0 spiro atoms. The Morgan fingerprint density at radius 1 is 1.50 bits per heavy atom. The standard InChI is InChI=1S/C16H19N3O2S/c20-16(14-2-1-7-22-14)17-8-13-15-12(5-6-21-13)10-19(18-15)9-11-3-4-11/h1-2,7,10-11,13H,3-6,8-9H2,(H,17,20). The van der Waals surface area contributed by atoms with Crippen LogP contribution in [0.1, 0.15) is 39.9 Å². The summed E-state index contributed by atoms with van der Waals surface area (Å²) in [5, 5.41) is 9.56. The van der Waals surface area contributed by atoms with Gasteiger partial charge in [0.25, 0.3) is 5.91 Å². The van der Waals surface area contributed by atoms with Gasteiger partial charge in [0.05, 0.1) is 17.2 Å². The topological polar surface area (TPSA) is 56.1 Å². The van der Waals surface area contributed by atoms with E-state index >= 15 is 0 Å². The Balaban J connectivity index is 1.42. The number of fused-ring (bicyclic) bond motifs is 1. The second kappa shape index (κ2) is 5.85. The molecule has 1 aliphatic carbocycles. The summed E-state index contributed by atoms with van der Waals surface area (Å²) in [6.07, 6.45) is 5.58. The van der Waals surface area contributed by atoms with Crippen molar-refractivity contribution in [3.63, 3.8) is 0 Å². The van der Waals surface area contributed by atoms with Gasteiger partial charge in [0, 0.05) is 19.3 Å². The quantitative estimate of drug-likeness (QED) is 0.921. The molecule has 4 rings (SSSR count). The van der Waals surface area contributed by atoms with Crippen LogP contribution >= 0.6 is 11.3 Å². The van der Waals surface area contributed by atoms with Gasteiger partial charge in [-0.15, -0.1) is 11.3 Å². The maximum Gasteiger partial charge on any atom is 0.261 e. The van der Waals surface area contributed by atoms with E-state index in [0.717, 1.165) is 29.5 Å². The van der Waals surface area contributed by atoms with Crippen molar-refractivity contribution in [1.82, 2.24) is 15.1 Å². The minimum Gasteiger partial charge on any atom is -0.370 e. The number of aromatic nitrogens is 2. The van der Waals surface area contributed by atoms with Gasteiger partial charge < -0.3 is 10.1 Å². The third kappa shape index (κ3) is 2.94. The van der Waals surface area contributed by atoms with Crippen LogP contribution in [-0.2, 0) is 17.7 Å². The zero-order chi connectivity index (χ0) is 14.9. The summed E-state index contributed by atoms with van der Waals surface area (Å²) in [6, 6.07) is 3.71. The average molecular weight is 317 g/mol. The molecule has 2 aromatic heterocycles.